The van der Waals surface area contributed by atoms with Crippen molar-refractivity contribution in [3.05, 3.63) is 72.9 Å². The van der Waals surface area contributed by atoms with E-state index in [-0.39, 0.29) is 11.7 Å². The van der Waals surface area contributed by atoms with Gasteiger partial charge in [-0.25, -0.2) is 9.37 Å². The van der Waals surface area contributed by atoms with Crippen molar-refractivity contribution in [2.24, 2.45) is 5.41 Å². The molecule has 6 aromatic rings. The summed E-state index contributed by atoms with van der Waals surface area (Å²) < 4.78 is 20.5. The predicted octanol–water partition coefficient (Wildman–Crippen LogP) is 6.29. The molecule has 0 aliphatic rings. The fraction of sp³-hybridized carbons (Fsp3) is 0.242. The number of halogens is 1. The zero-order valence-electron chi connectivity index (χ0n) is 25.2. The van der Waals surface area contributed by atoms with Crippen LogP contribution in [0.15, 0.2) is 67.1 Å². The number of ether oxygens (including phenoxy) is 1. The highest BCUT2D eigenvalue weighted by Crippen LogP contribution is 2.34. The number of H-pyrrole nitrogens is 2. The van der Waals surface area contributed by atoms with Crippen LogP contribution in [0.1, 0.15) is 20.8 Å². The van der Waals surface area contributed by atoms with E-state index < -0.39 is 5.41 Å². The minimum absolute atomic E-state index is 0.104. The van der Waals surface area contributed by atoms with Gasteiger partial charge in [0.05, 0.1) is 40.3 Å². The monoisotopic (exact) mass is 592 g/mol. The Labute approximate surface area is 253 Å². The molecule has 0 spiro atoms. The first-order chi connectivity index (χ1) is 21.0. The quantitative estimate of drug-likeness (QED) is 0.190. The number of pyridine rings is 2. The third kappa shape index (κ3) is 6.00. The molecule has 11 heteroatoms. The van der Waals surface area contributed by atoms with Gasteiger partial charge in [0.25, 0.3) is 0 Å². The molecule has 0 saturated heterocycles. The highest BCUT2D eigenvalue weighted by Gasteiger charge is 2.22. The van der Waals surface area contributed by atoms with E-state index in [2.05, 4.69) is 30.5 Å². The summed E-state index contributed by atoms with van der Waals surface area (Å²) in [5, 5.41) is 11.3. The number of amides is 1. The van der Waals surface area contributed by atoms with Gasteiger partial charge in [-0.15, -0.1) is 0 Å². The number of rotatable bonds is 8. The third-order valence-corrected chi connectivity index (χ3v) is 7.15. The number of carbonyl (C=O) groups is 1. The molecule has 44 heavy (non-hydrogen) atoms. The van der Waals surface area contributed by atoms with Gasteiger partial charge in [-0.3, -0.25) is 19.9 Å². The molecule has 0 atom stereocenters. The minimum Gasteiger partial charge on any atom is -0.492 e. The van der Waals surface area contributed by atoms with Crippen molar-refractivity contribution in [3.8, 4) is 39.7 Å². The van der Waals surface area contributed by atoms with Crippen LogP contribution >= 0.6 is 0 Å². The molecule has 0 aliphatic carbocycles. The van der Waals surface area contributed by atoms with E-state index in [4.69, 9.17) is 9.72 Å². The summed E-state index contributed by atoms with van der Waals surface area (Å²) in [7, 11) is 3.92. The maximum atomic E-state index is 14.7. The number of aromatic nitrogens is 6. The summed E-state index contributed by atoms with van der Waals surface area (Å²) in [5.41, 5.74) is 5.71. The van der Waals surface area contributed by atoms with E-state index in [1.54, 1.807) is 18.6 Å². The Bertz CT molecular complexity index is 1990. The van der Waals surface area contributed by atoms with Gasteiger partial charge in [0.2, 0.25) is 5.91 Å². The Morgan fingerprint density at radius 1 is 1.02 bits per heavy atom. The molecular weight excluding hydrogens is 559 g/mol. The second-order valence-electron chi connectivity index (χ2n) is 12.0. The molecule has 0 unspecified atom stereocenters. The van der Waals surface area contributed by atoms with Gasteiger partial charge >= 0.3 is 0 Å². The topological polar surface area (TPSA) is 125 Å². The largest absolute Gasteiger partial charge is 0.492 e. The number of imidazole rings is 1. The number of likely N-dealkylation sites (N-methyl/N-ethyl adjacent to an activating group) is 1. The number of fused-ring (bicyclic) bond motifs is 2. The lowest BCUT2D eigenvalue weighted by Crippen LogP contribution is -2.27. The smallest absolute Gasteiger partial charge is 0.229 e. The van der Waals surface area contributed by atoms with Crippen LogP contribution in [0.25, 0.3) is 55.8 Å². The van der Waals surface area contributed by atoms with Crippen molar-refractivity contribution in [1.29, 1.82) is 0 Å². The van der Waals surface area contributed by atoms with Gasteiger partial charge < -0.3 is 19.9 Å². The first kappa shape index (κ1) is 28.9. The van der Waals surface area contributed by atoms with Gasteiger partial charge in [-0.1, -0.05) is 32.9 Å². The van der Waals surface area contributed by atoms with E-state index in [0.717, 1.165) is 27.5 Å². The molecule has 4 aromatic heterocycles. The number of anilines is 1. The molecule has 0 fully saturated rings. The molecule has 6 rings (SSSR count). The van der Waals surface area contributed by atoms with Crippen LogP contribution in [0.3, 0.4) is 0 Å². The van der Waals surface area contributed by atoms with Crippen molar-refractivity contribution in [2.45, 2.75) is 20.8 Å². The molecule has 4 heterocycles. The SMILES string of the molecule is CN(C)CCOc1cc(F)cc(-c2cccc3[nH]c(-c4n[nH]c5cnc(-c6cncc(NC(=O)C(C)(C)C)c6)cc45)nc23)c1. The third-order valence-electron chi connectivity index (χ3n) is 7.15. The average Bonchev–Trinajstić information content (AvgIpc) is 3.60. The zero-order valence-corrected chi connectivity index (χ0v) is 25.2. The number of carbonyl (C=O) groups excluding carboxylic acids is 1. The summed E-state index contributed by atoms with van der Waals surface area (Å²) >= 11 is 0. The van der Waals surface area contributed by atoms with E-state index in [1.165, 1.54) is 12.1 Å². The highest BCUT2D eigenvalue weighted by molar-refractivity contribution is 5.98. The Hall–Kier alpha value is -5.16. The second-order valence-corrected chi connectivity index (χ2v) is 12.0. The van der Waals surface area contributed by atoms with Crippen LogP contribution in [0.4, 0.5) is 10.1 Å². The summed E-state index contributed by atoms with van der Waals surface area (Å²) in [6.07, 6.45) is 5.02. The number of para-hydroxylation sites is 1. The van der Waals surface area contributed by atoms with Crippen molar-refractivity contribution in [1.82, 2.24) is 35.0 Å². The van der Waals surface area contributed by atoms with Crippen molar-refractivity contribution in [2.75, 3.05) is 32.6 Å². The van der Waals surface area contributed by atoms with Crippen LogP contribution in [0.5, 0.6) is 5.75 Å². The normalized spacial score (nSPS) is 11.9. The van der Waals surface area contributed by atoms with Gasteiger partial charge in [0.1, 0.15) is 23.9 Å². The summed E-state index contributed by atoms with van der Waals surface area (Å²) in [4.78, 5) is 31.7. The fourth-order valence-electron chi connectivity index (χ4n) is 4.75. The maximum Gasteiger partial charge on any atom is 0.229 e. The van der Waals surface area contributed by atoms with Crippen LogP contribution in [0, 0.1) is 11.2 Å². The predicted molar refractivity (Wildman–Crippen MR) is 170 cm³/mol. The Morgan fingerprint density at radius 3 is 2.66 bits per heavy atom. The summed E-state index contributed by atoms with van der Waals surface area (Å²) in [6.45, 7) is 6.73. The number of aromatic amines is 2. The Balaban J connectivity index is 1.35. The Kier molecular flexibility index (Phi) is 7.56. The van der Waals surface area contributed by atoms with E-state index in [1.807, 2.05) is 76.2 Å². The number of hydrogen-bond donors (Lipinski definition) is 3. The van der Waals surface area contributed by atoms with E-state index in [0.29, 0.717) is 52.9 Å². The molecule has 2 aromatic carbocycles. The van der Waals surface area contributed by atoms with Crippen LogP contribution < -0.4 is 10.1 Å². The lowest BCUT2D eigenvalue weighted by molar-refractivity contribution is -0.123. The van der Waals surface area contributed by atoms with Crippen LogP contribution in [0.2, 0.25) is 0 Å². The maximum absolute atomic E-state index is 14.7. The van der Waals surface area contributed by atoms with Crippen molar-refractivity contribution < 1.29 is 13.9 Å². The number of hydrogen-bond acceptors (Lipinski definition) is 7. The number of nitrogens with one attached hydrogen (secondary N) is 3. The molecule has 1 amide bonds. The highest BCUT2D eigenvalue weighted by atomic mass is 19.1. The minimum atomic E-state index is -0.540. The standard InChI is InChI=1S/C33H33FN8O2/c1-33(2,3)32(43)37-22-12-20(16-35-17-22)27-15-25-28(18-36-27)40-41-30(25)31-38-26-8-6-7-24(29(26)39-31)19-11-21(34)14-23(13-19)44-10-9-42(4)5/h6-8,11-18H,9-10H2,1-5H3,(H,37,43)(H,38,39)(H,40,41). The number of benzene rings is 2. The molecule has 0 saturated carbocycles. The van der Waals surface area contributed by atoms with Crippen LogP contribution in [-0.2, 0) is 4.79 Å². The lowest BCUT2D eigenvalue weighted by Gasteiger charge is -2.17. The average molecular weight is 593 g/mol. The fourth-order valence-corrected chi connectivity index (χ4v) is 4.75. The van der Waals surface area contributed by atoms with E-state index >= 15 is 0 Å². The van der Waals surface area contributed by atoms with Gasteiger partial charge in [-0.2, -0.15) is 5.10 Å². The molecular formula is C33H33FN8O2. The summed E-state index contributed by atoms with van der Waals surface area (Å²) in [6, 6.07) is 14.2. The molecule has 10 nitrogen and oxygen atoms in total. The molecule has 224 valence electrons. The zero-order chi connectivity index (χ0) is 31.0. The first-order valence-corrected chi connectivity index (χ1v) is 14.2. The van der Waals surface area contributed by atoms with E-state index in [9.17, 15) is 9.18 Å². The lowest BCUT2D eigenvalue weighted by atomic mass is 9.95. The summed E-state index contributed by atoms with van der Waals surface area (Å²) in [5.74, 6) is 0.529. The van der Waals surface area contributed by atoms with Crippen molar-refractivity contribution in [3.63, 3.8) is 0 Å². The molecule has 0 bridgehead atoms. The molecule has 0 radical (unpaired) electrons. The van der Waals surface area contributed by atoms with Gasteiger partial charge in [-0.05, 0) is 50.0 Å². The van der Waals surface area contributed by atoms with Gasteiger partial charge in [0, 0.05) is 40.7 Å². The first-order valence-electron chi connectivity index (χ1n) is 14.2. The Morgan fingerprint density at radius 2 is 1.86 bits per heavy atom. The molecule has 0 aliphatic heterocycles. The second kappa shape index (κ2) is 11.5. The van der Waals surface area contributed by atoms with Gasteiger partial charge in [0.15, 0.2) is 5.82 Å². The number of nitrogens with zero attached hydrogens (tertiary/aromatic N) is 5. The molecule has 3 N–H and O–H groups in total. The van der Waals surface area contributed by atoms with Crippen molar-refractivity contribution >= 4 is 33.5 Å². The van der Waals surface area contributed by atoms with Crippen LogP contribution in [-0.4, -0.2) is 68.2 Å².